The van der Waals surface area contributed by atoms with E-state index in [1.165, 1.54) is 6.07 Å². The molecule has 1 aromatic rings. The standard InChI is InChI=1S/C8H8BrF2NO/c1-4-6(9)2-5(3-13)12-7(4)8(10)11/h2,8,13H,3H2,1H3. The normalized spacial score (nSPS) is 10.9. The van der Waals surface area contributed by atoms with Crippen LogP contribution >= 0.6 is 15.9 Å². The third kappa shape index (κ3) is 2.22. The largest absolute Gasteiger partial charge is 0.390 e. The van der Waals surface area contributed by atoms with Gasteiger partial charge in [-0.1, -0.05) is 15.9 Å². The number of aliphatic hydroxyl groups is 1. The van der Waals surface area contributed by atoms with Gasteiger partial charge in [0.25, 0.3) is 6.43 Å². The number of aliphatic hydroxyl groups excluding tert-OH is 1. The van der Waals surface area contributed by atoms with Crippen molar-refractivity contribution in [1.82, 2.24) is 4.98 Å². The minimum atomic E-state index is -2.61. The molecule has 1 aromatic heterocycles. The fraction of sp³-hybridized carbons (Fsp3) is 0.375. The summed E-state index contributed by atoms with van der Waals surface area (Å²) in [6, 6.07) is 1.53. The highest BCUT2D eigenvalue weighted by atomic mass is 79.9. The first-order chi connectivity index (χ1) is 6.06. The van der Waals surface area contributed by atoms with Gasteiger partial charge >= 0.3 is 0 Å². The van der Waals surface area contributed by atoms with Crippen LogP contribution in [0.4, 0.5) is 8.78 Å². The molecule has 0 aliphatic heterocycles. The molecule has 72 valence electrons. The van der Waals surface area contributed by atoms with E-state index in [4.69, 9.17) is 5.11 Å². The van der Waals surface area contributed by atoms with Crippen LogP contribution in [-0.4, -0.2) is 10.1 Å². The van der Waals surface area contributed by atoms with Crippen molar-refractivity contribution in [3.05, 3.63) is 27.5 Å². The van der Waals surface area contributed by atoms with Crippen molar-refractivity contribution in [2.45, 2.75) is 20.0 Å². The lowest BCUT2D eigenvalue weighted by Gasteiger charge is -2.07. The highest BCUT2D eigenvalue weighted by Gasteiger charge is 2.15. The predicted molar refractivity (Wildman–Crippen MR) is 47.6 cm³/mol. The Kier molecular flexibility index (Phi) is 3.33. The van der Waals surface area contributed by atoms with Crippen LogP contribution in [0.1, 0.15) is 23.4 Å². The topological polar surface area (TPSA) is 33.1 Å². The van der Waals surface area contributed by atoms with Crippen molar-refractivity contribution >= 4 is 15.9 Å². The number of pyridine rings is 1. The number of rotatable bonds is 2. The summed E-state index contributed by atoms with van der Waals surface area (Å²) in [5.41, 5.74) is 0.374. The summed E-state index contributed by atoms with van der Waals surface area (Å²) >= 11 is 3.12. The molecule has 0 aliphatic rings. The first kappa shape index (κ1) is 10.5. The number of hydrogen-bond acceptors (Lipinski definition) is 2. The van der Waals surface area contributed by atoms with Crippen LogP contribution in [0.3, 0.4) is 0 Å². The van der Waals surface area contributed by atoms with Crippen molar-refractivity contribution in [2.75, 3.05) is 0 Å². The van der Waals surface area contributed by atoms with Crippen molar-refractivity contribution in [1.29, 1.82) is 0 Å². The van der Waals surface area contributed by atoms with E-state index in [1.54, 1.807) is 6.92 Å². The third-order valence-corrected chi connectivity index (χ3v) is 2.49. The van der Waals surface area contributed by atoms with Crippen LogP contribution in [0.15, 0.2) is 10.5 Å². The Bertz CT molecular complexity index is 317. The van der Waals surface area contributed by atoms with E-state index in [-0.39, 0.29) is 18.0 Å². The molecule has 0 radical (unpaired) electrons. The molecule has 0 atom stereocenters. The zero-order chi connectivity index (χ0) is 10.0. The third-order valence-electron chi connectivity index (χ3n) is 1.67. The highest BCUT2D eigenvalue weighted by molar-refractivity contribution is 9.10. The van der Waals surface area contributed by atoms with E-state index in [0.29, 0.717) is 10.0 Å². The highest BCUT2D eigenvalue weighted by Crippen LogP contribution is 2.26. The van der Waals surface area contributed by atoms with Gasteiger partial charge in [0.05, 0.1) is 12.3 Å². The van der Waals surface area contributed by atoms with E-state index in [2.05, 4.69) is 20.9 Å². The summed E-state index contributed by atoms with van der Waals surface area (Å²) < 4.78 is 25.3. The van der Waals surface area contributed by atoms with E-state index in [1.807, 2.05) is 0 Å². The smallest absolute Gasteiger partial charge is 0.280 e. The second-order valence-electron chi connectivity index (χ2n) is 2.56. The molecule has 1 N–H and O–H groups in total. The number of halogens is 3. The van der Waals surface area contributed by atoms with Crippen molar-refractivity contribution in [2.24, 2.45) is 0 Å². The molecule has 0 saturated carbocycles. The molecule has 0 saturated heterocycles. The Labute approximate surface area is 82.7 Å². The fourth-order valence-corrected chi connectivity index (χ4v) is 1.41. The van der Waals surface area contributed by atoms with Crippen LogP contribution in [0.5, 0.6) is 0 Å². The minimum absolute atomic E-state index is 0.243. The van der Waals surface area contributed by atoms with Gasteiger partial charge in [0.2, 0.25) is 0 Å². The molecule has 13 heavy (non-hydrogen) atoms. The molecule has 0 aromatic carbocycles. The quantitative estimate of drug-likeness (QED) is 0.877. The van der Waals surface area contributed by atoms with Crippen LogP contribution in [0.25, 0.3) is 0 Å². The first-order valence-electron chi connectivity index (χ1n) is 3.61. The van der Waals surface area contributed by atoms with Crippen molar-refractivity contribution in [3.63, 3.8) is 0 Å². The summed E-state index contributed by atoms with van der Waals surface area (Å²) in [5, 5.41) is 8.73. The number of nitrogens with zero attached hydrogens (tertiary/aromatic N) is 1. The Balaban J connectivity index is 3.25. The summed E-state index contributed by atoms with van der Waals surface area (Å²) in [6.45, 7) is 1.22. The molecule has 0 spiro atoms. The molecule has 5 heteroatoms. The van der Waals surface area contributed by atoms with Gasteiger partial charge in [0, 0.05) is 4.47 Å². The van der Waals surface area contributed by atoms with Crippen LogP contribution in [0, 0.1) is 6.92 Å². The minimum Gasteiger partial charge on any atom is -0.390 e. The van der Waals surface area contributed by atoms with Crippen LogP contribution < -0.4 is 0 Å². The monoisotopic (exact) mass is 251 g/mol. The van der Waals surface area contributed by atoms with Gasteiger partial charge in [-0.05, 0) is 18.6 Å². The Hall–Kier alpha value is -0.550. The average molecular weight is 252 g/mol. The van der Waals surface area contributed by atoms with Gasteiger partial charge in [-0.2, -0.15) is 0 Å². The molecule has 1 heterocycles. The lowest BCUT2D eigenvalue weighted by molar-refractivity contribution is 0.144. The van der Waals surface area contributed by atoms with Crippen molar-refractivity contribution in [3.8, 4) is 0 Å². The zero-order valence-electron chi connectivity index (χ0n) is 6.89. The SMILES string of the molecule is Cc1c(Br)cc(CO)nc1C(F)F. The van der Waals surface area contributed by atoms with E-state index in [9.17, 15) is 8.78 Å². The molecule has 0 aliphatic carbocycles. The second kappa shape index (κ2) is 4.11. The molecule has 2 nitrogen and oxygen atoms in total. The van der Waals surface area contributed by atoms with E-state index in [0.717, 1.165) is 0 Å². The Morgan fingerprint density at radius 2 is 2.23 bits per heavy atom. The number of aromatic nitrogens is 1. The molecular formula is C8H8BrF2NO. The van der Waals surface area contributed by atoms with E-state index < -0.39 is 6.43 Å². The zero-order valence-corrected chi connectivity index (χ0v) is 8.48. The molecule has 0 amide bonds. The van der Waals surface area contributed by atoms with Crippen LogP contribution in [-0.2, 0) is 6.61 Å². The summed E-state index contributed by atoms with van der Waals surface area (Å²) in [6.07, 6.45) is -2.61. The number of alkyl halides is 2. The maximum absolute atomic E-state index is 12.4. The van der Waals surface area contributed by atoms with Gasteiger partial charge in [0.1, 0.15) is 5.69 Å². The molecule has 0 fully saturated rings. The maximum atomic E-state index is 12.4. The number of hydrogen-bond donors (Lipinski definition) is 1. The molecule has 1 rings (SSSR count). The molecule has 0 unspecified atom stereocenters. The van der Waals surface area contributed by atoms with E-state index >= 15 is 0 Å². The molecule has 0 bridgehead atoms. The van der Waals surface area contributed by atoms with Gasteiger partial charge in [-0.3, -0.25) is 0 Å². The second-order valence-corrected chi connectivity index (χ2v) is 3.42. The summed E-state index contributed by atoms with van der Waals surface area (Å²) in [5.74, 6) is 0. The molecular weight excluding hydrogens is 244 g/mol. The van der Waals surface area contributed by atoms with Crippen LogP contribution in [0.2, 0.25) is 0 Å². The van der Waals surface area contributed by atoms with Crippen molar-refractivity contribution < 1.29 is 13.9 Å². The maximum Gasteiger partial charge on any atom is 0.280 e. The summed E-state index contributed by atoms with van der Waals surface area (Å²) in [4.78, 5) is 3.62. The Morgan fingerprint density at radius 1 is 1.62 bits per heavy atom. The lowest BCUT2D eigenvalue weighted by Crippen LogP contribution is -2.00. The first-order valence-corrected chi connectivity index (χ1v) is 4.40. The Morgan fingerprint density at radius 3 is 2.69 bits per heavy atom. The lowest BCUT2D eigenvalue weighted by atomic mass is 10.2. The van der Waals surface area contributed by atoms with Gasteiger partial charge in [0.15, 0.2) is 0 Å². The van der Waals surface area contributed by atoms with Gasteiger partial charge < -0.3 is 5.11 Å². The van der Waals surface area contributed by atoms with Gasteiger partial charge in [-0.25, -0.2) is 13.8 Å². The predicted octanol–water partition coefficient (Wildman–Crippen LogP) is 2.58. The van der Waals surface area contributed by atoms with Gasteiger partial charge in [-0.15, -0.1) is 0 Å². The fourth-order valence-electron chi connectivity index (χ4n) is 0.941. The average Bonchev–Trinajstić information content (AvgIpc) is 2.09. The summed E-state index contributed by atoms with van der Waals surface area (Å²) in [7, 11) is 0.